The third-order valence-electron chi connectivity index (χ3n) is 6.25. The monoisotopic (exact) mass is 429 g/mol. The van der Waals surface area contributed by atoms with Gasteiger partial charge in [0.05, 0.1) is 13.0 Å². The first kappa shape index (κ1) is 22.0. The number of ether oxygens (including phenoxy) is 1. The van der Waals surface area contributed by atoms with E-state index in [0.717, 1.165) is 55.2 Å². The van der Waals surface area contributed by atoms with Gasteiger partial charge in [-0.2, -0.15) is 0 Å². The second-order valence-corrected chi connectivity index (χ2v) is 8.26. The van der Waals surface area contributed by atoms with E-state index in [4.69, 9.17) is 4.74 Å². The largest absolute Gasteiger partial charge is 0.496 e. The number of likely N-dealkylation sites (N-methyl/N-ethyl adjacent to an activating group) is 1. The summed E-state index contributed by atoms with van der Waals surface area (Å²) in [5.41, 5.74) is 4.58. The Morgan fingerprint density at radius 2 is 1.78 bits per heavy atom. The minimum absolute atomic E-state index is 0.0926. The van der Waals surface area contributed by atoms with Gasteiger partial charge in [0, 0.05) is 56.2 Å². The van der Waals surface area contributed by atoms with Crippen LogP contribution in [0.4, 0.5) is 0 Å². The highest BCUT2D eigenvalue weighted by Gasteiger charge is 2.30. The number of pyridine rings is 1. The molecule has 0 spiro atoms. The molecule has 0 radical (unpaired) electrons. The highest BCUT2D eigenvalue weighted by molar-refractivity contribution is 5.80. The van der Waals surface area contributed by atoms with Crippen molar-refractivity contribution >= 4 is 5.91 Å². The van der Waals surface area contributed by atoms with Gasteiger partial charge in [-0.25, -0.2) is 0 Å². The lowest BCUT2D eigenvalue weighted by molar-refractivity contribution is -0.134. The van der Waals surface area contributed by atoms with E-state index in [-0.39, 0.29) is 11.8 Å². The smallest absolute Gasteiger partial charge is 0.227 e. The van der Waals surface area contributed by atoms with Crippen molar-refractivity contribution < 1.29 is 9.53 Å². The fraction of sp³-hybridized carbons (Fsp3) is 0.333. The van der Waals surface area contributed by atoms with Crippen LogP contribution in [-0.2, 0) is 17.8 Å². The molecule has 0 saturated carbocycles. The number of methoxy groups -OCH3 is 1. The molecule has 1 fully saturated rings. The molecule has 2 aromatic carbocycles. The first-order chi connectivity index (χ1) is 15.7. The van der Waals surface area contributed by atoms with Crippen molar-refractivity contribution in [1.29, 1.82) is 0 Å². The molecule has 166 valence electrons. The maximum atomic E-state index is 13.4. The Hall–Kier alpha value is -3.18. The number of amides is 1. The first-order valence-electron chi connectivity index (χ1n) is 11.3. The lowest BCUT2D eigenvalue weighted by atomic mass is 9.91. The van der Waals surface area contributed by atoms with E-state index in [1.807, 2.05) is 41.4 Å². The molecule has 1 aliphatic heterocycles. The minimum Gasteiger partial charge on any atom is -0.496 e. The van der Waals surface area contributed by atoms with Crippen LogP contribution in [0.5, 0.6) is 5.75 Å². The number of carbonyl (C=O) groups is 1. The van der Waals surface area contributed by atoms with Crippen LogP contribution in [0.1, 0.15) is 18.1 Å². The van der Waals surface area contributed by atoms with Crippen LogP contribution in [0.3, 0.4) is 0 Å². The molecule has 1 saturated heterocycles. The molecule has 0 bridgehead atoms. The lowest BCUT2D eigenvalue weighted by Gasteiger charge is -2.25. The zero-order valence-electron chi connectivity index (χ0n) is 18.9. The number of rotatable bonds is 7. The van der Waals surface area contributed by atoms with E-state index in [1.54, 1.807) is 13.3 Å². The molecule has 2 heterocycles. The molecule has 1 aliphatic rings. The summed E-state index contributed by atoms with van der Waals surface area (Å²) in [5, 5.41) is 0. The maximum absolute atomic E-state index is 13.4. The SMILES string of the molecule is CCN1CCN(Cc2ccccc2OC)C[C@H](Cc2ccccc2-c2cccnc2)C1=O. The molecular formula is C27H31N3O2. The normalized spacial score (nSPS) is 17.2. The summed E-state index contributed by atoms with van der Waals surface area (Å²) in [5.74, 6) is 1.05. The molecule has 0 aliphatic carbocycles. The Balaban J connectivity index is 1.60. The molecule has 3 aromatic rings. The van der Waals surface area contributed by atoms with E-state index < -0.39 is 0 Å². The quantitative estimate of drug-likeness (QED) is 0.562. The summed E-state index contributed by atoms with van der Waals surface area (Å²) in [6, 6.07) is 20.5. The molecule has 1 amide bonds. The highest BCUT2D eigenvalue weighted by Crippen LogP contribution is 2.28. The summed E-state index contributed by atoms with van der Waals surface area (Å²) in [4.78, 5) is 22.1. The zero-order valence-corrected chi connectivity index (χ0v) is 18.9. The van der Waals surface area contributed by atoms with Gasteiger partial charge in [0.1, 0.15) is 5.75 Å². The van der Waals surface area contributed by atoms with Crippen LogP contribution in [0, 0.1) is 5.92 Å². The fourth-order valence-electron chi connectivity index (χ4n) is 4.56. The summed E-state index contributed by atoms with van der Waals surface area (Å²) >= 11 is 0. The van der Waals surface area contributed by atoms with Crippen molar-refractivity contribution in [1.82, 2.24) is 14.8 Å². The summed E-state index contributed by atoms with van der Waals surface area (Å²) < 4.78 is 5.56. The molecule has 4 rings (SSSR count). The number of hydrogen-bond donors (Lipinski definition) is 0. The molecule has 1 atom stereocenters. The van der Waals surface area contributed by atoms with Gasteiger partial charge in [0.15, 0.2) is 0 Å². The molecular weight excluding hydrogens is 398 g/mol. The highest BCUT2D eigenvalue weighted by atomic mass is 16.5. The topological polar surface area (TPSA) is 45.7 Å². The predicted molar refractivity (Wildman–Crippen MR) is 127 cm³/mol. The second-order valence-electron chi connectivity index (χ2n) is 8.26. The molecule has 1 aromatic heterocycles. The molecule has 5 nitrogen and oxygen atoms in total. The van der Waals surface area contributed by atoms with Crippen molar-refractivity contribution in [2.75, 3.05) is 33.3 Å². The van der Waals surface area contributed by atoms with Crippen LogP contribution in [-0.4, -0.2) is 54.0 Å². The van der Waals surface area contributed by atoms with Gasteiger partial charge in [-0.1, -0.05) is 48.5 Å². The molecule has 32 heavy (non-hydrogen) atoms. The Bertz CT molecular complexity index is 1040. The average molecular weight is 430 g/mol. The Morgan fingerprint density at radius 3 is 2.53 bits per heavy atom. The molecule has 5 heteroatoms. The van der Waals surface area contributed by atoms with Crippen molar-refractivity contribution in [3.63, 3.8) is 0 Å². The Kier molecular flexibility index (Phi) is 7.17. The van der Waals surface area contributed by atoms with Gasteiger partial charge in [0.25, 0.3) is 0 Å². The van der Waals surface area contributed by atoms with Crippen LogP contribution in [0.25, 0.3) is 11.1 Å². The summed E-state index contributed by atoms with van der Waals surface area (Å²) in [6.07, 6.45) is 4.39. The van der Waals surface area contributed by atoms with Gasteiger partial charge in [-0.3, -0.25) is 14.7 Å². The zero-order chi connectivity index (χ0) is 22.3. The van der Waals surface area contributed by atoms with Gasteiger partial charge >= 0.3 is 0 Å². The van der Waals surface area contributed by atoms with E-state index in [0.29, 0.717) is 6.42 Å². The van der Waals surface area contributed by atoms with Crippen LogP contribution in [0.15, 0.2) is 73.1 Å². The average Bonchev–Trinajstić information content (AvgIpc) is 2.98. The number of nitrogens with zero attached hydrogens (tertiary/aromatic N) is 3. The van der Waals surface area contributed by atoms with E-state index >= 15 is 0 Å². The van der Waals surface area contributed by atoms with Crippen LogP contribution in [0.2, 0.25) is 0 Å². The third kappa shape index (κ3) is 5.00. The predicted octanol–water partition coefficient (Wildman–Crippen LogP) is 4.28. The summed E-state index contributed by atoms with van der Waals surface area (Å²) in [7, 11) is 1.71. The first-order valence-corrected chi connectivity index (χ1v) is 11.3. The standard InChI is InChI=1S/C27H31N3O2/c1-3-30-16-15-29(19-23-10-5-7-13-26(23)32-2)20-24(27(30)31)17-21-9-4-6-12-25(21)22-11-8-14-28-18-22/h4-14,18,24H,3,15-17,19-20H2,1-2H3/t24-/m0/s1. The number of para-hydroxylation sites is 1. The summed E-state index contributed by atoms with van der Waals surface area (Å²) in [6.45, 7) is 5.92. The molecule has 0 N–H and O–H groups in total. The second kappa shape index (κ2) is 10.4. The number of hydrogen-bond acceptors (Lipinski definition) is 4. The van der Waals surface area contributed by atoms with E-state index in [9.17, 15) is 4.79 Å². The molecule has 0 unspecified atom stereocenters. The Morgan fingerprint density at radius 1 is 1.00 bits per heavy atom. The van der Waals surface area contributed by atoms with E-state index in [2.05, 4.69) is 47.1 Å². The third-order valence-corrected chi connectivity index (χ3v) is 6.25. The van der Waals surface area contributed by atoms with Gasteiger partial charge in [-0.05, 0) is 36.6 Å². The lowest BCUT2D eigenvalue weighted by Crippen LogP contribution is -2.37. The fourth-order valence-corrected chi connectivity index (χ4v) is 4.56. The number of benzene rings is 2. The van der Waals surface area contributed by atoms with Crippen LogP contribution >= 0.6 is 0 Å². The van der Waals surface area contributed by atoms with Crippen molar-refractivity contribution in [3.8, 4) is 16.9 Å². The minimum atomic E-state index is -0.0926. The maximum Gasteiger partial charge on any atom is 0.227 e. The van der Waals surface area contributed by atoms with E-state index in [1.165, 1.54) is 5.56 Å². The van der Waals surface area contributed by atoms with Gasteiger partial charge in [0.2, 0.25) is 5.91 Å². The van der Waals surface area contributed by atoms with Gasteiger partial charge < -0.3 is 9.64 Å². The van der Waals surface area contributed by atoms with Crippen molar-refractivity contribution in [3.05, 3.63) is 84.2 Å². The van der Waals surface area contributed by atoms with Crippen molar-refractivity contribution in [2.45, 2.75) is 19.9 Å². The van der Waals surface area contributed by atoms with Crippen LogP contribution < -0.4 is 4.74 Å². The van der Waals surface area contributed by atoms with Crippen molar-refractivity contribution in [2.24, 2.45) is 5.92 Å². The van der Waals surface area contributed by atoms with Gasteiger partial charge in [-0.15, -0.1) is 0 Å². The number of aromatic nitrogens is 1. The number of carbonyl (C=O) groups excluding carboxylic acids is 1. The Labute approximate surface area is 190 Å².